The average molecular weight is 202 g/mol. The van der Waals surface area contributed by atoms with E-state index in [4.69, 9.17) is 18.9 Å². The van der Waals surface area contributed by atoms with Gasteiger partial charge in [-0.3, -0.25) is 0 Å². The first-order chi connectivity index (χ1) is 6.95. The molecule has 0 aromatic carbocycles. The summed E-state index contributed by atoms with van der Waals surface area (Å²) in [6.45, 7) is 4.93. The number of unbranched alkanes of at least 4 members (excludes halogenated alkanes) is 1. The van der Waals surface area contributed by atoms with E-state index in [1.54, 1.807) is 0 Å². The molecular formula is C10H18O4. The van der Waals surface area contributed by atoms with E-state index in [1.165, 1.54) is 0 Å². The van der Waals surface area contributed by atoms with Crippen molar-refractivity contribution < 1.29 is 18.9 Å². The molecule has 2 atom stereocenters. The van der Waals surface area contributed by atoms with Crippen LogP contribution in [0.2, 0.25) is 0 Å². The third-order valence-electron chi connectivity index (χ3n) is 2.24. The molecule has 2 rings (SSSR count). The minimum atomic E-state index is 0.387. The van der Waals surface area contributed by atoms with E-state index < -0.39 is 0 Å². The van der Waals surface area contributed by atoms with Crippen LogP contribution in [0.3, 0.4) is 0 Å². The Morgan fingerprint density at radius 2 is 1.29 bits per heavy atom. The number of hydrogen-bond donors (Lipinski definition) is 0. The Morgan fingerprint density at radius 3 is 1.64 bits per heavy atom. The molecule has 2 saturated heterocycles. The van der Waals surface area contributed by atoms with Gasteiger partial charge in [0.05, 0.1) is 26.4 Å². The van der Waals surface area contributed by atoms with Gasteiger partial charge in [-0.1, -0.05) is 0 Å². The van der Waals surface area contributed by atoms with E-state index in [-0.39, 0.29) is 0 Å². The third-order valence-corrected chi connectivity index (χ3v) is 2.24. The van der Waals surface area contributed by atoms with Crippen molar-refractivity contribution in [2.45, 2.75) is 25.0 Å². The lowest BCUT2D eigenvalue weighted by atomic mass is 10.3. The van der Waals surface area contributed by atoms with Gasteiger partial charge in [0.25, 0.3) is 0 Å². The monoisotopic (exact) mass is 202 g/mol. The molecule has 0 aliphatic carbocycles. The molecule has 0 aromatic rings. The van der Waals surface area contributed by atoms with Crippen LogP contribution < -0.4 is 0 Å². The Balaban J connectivity index is 1.25. The lowest BCUT2D eigenvalue weighted by molar-refractivity contribution is 0.0885. The molecule has 0 N–H and O–H groups in total. The fraction of sp³-hybridized carbons (Fsp3) is 1.00. The summed E-state index contributed by atoms with van der Waals surface area (Å²) in [7, 11) is 0. The van der Waals surface area contributed by atoms with Crippen LogP contribution in [-0.2, 0) is 18.9 Å². The highest BCUT2D eigenvalue weighted by atomic mass is 16.6. The van der Waals surface area contributed by atoms with Crippen molar-refractivity contribution in [3.05, 3.63) is 0 Å². The fourth-order valence-electron chi connectivity index (χ4n) is 1.17. The third kappa shape index (κ3) is 4.91. The zero-order valence-electron chi connectivity index (χ0n) is 8.44. The zero-order valence-corrected chi connectivity index (χ0v) is 8.44. The van der Waals surface area contributed by atoms with Crippen LogP contribution in [0.5, 0.6) is 0 Å². The summed E-state index contributed by atoms with van der Waals surface area (Å²) in [5, 5.41) is 0. The first-order valence-electron chi connectivity index (χ1n) is 5.34. The Hall–Kier alpha value is -0.160. The molecule has 0 radical (unpaired) electrons. The molecule has 82 valence electrons. The zero-order chi connectivity index (χ0) is 9.64. The molecule has 14 heavy (non-hydrogen) atoms. The van der Waals surface area contributed by atoms with Gasteiger partial charge >= 0.3 is 0 Å². The van der Waals surface area contributed by atoms with Gasteiger partial charge in [0, 0.05) is 13.2 Å². The highest BCUT2D eigenvalue weighted by molar-refractivity contribution is 4.67. The summed E-state index contributed by atoms with van der Waals surface area (Å²) in [6.07, 6.45) is 2.91. The molecule has 0 saturated carbocycles. The summed E-state index contributed by atoms with van der Waals surface area (Å²) in [5.74, 6) is 0. The molecule has 2 aliphatic heterocycles. The molecule has 1 unspecified atom stereocenters. The van der Waals surface area contributed by atoms with Gasteiger partial charge in [0.2, 0.25) is 0 Å². The Bertz CT molecular complexity index is 136. The minimum Gasteiger partial charge on any atom is -0.379 e. The largest absolute Gasteiger partial charge is 0.379 e. The van der Waals surface area contributed by atoms with Gasteiger partial charge in [-0.05, 0) is 12.8 Å². The van der Waals surface area contributed by atoms with Crippen LogP contribution >= 0.6 is 0 Å². The Kier molecular flexibility index (Phi) is 4.19. The average Bonchev–Trinajstić information content (AvgIpc) is 3.00. The van der Waals surface area contributed by atoms with E-state index in [0.29, 0.717) is 12.2 Å². The quantitative estimate of drug-likeness (QED) is 0.405. The molecule has 0 spiro atoms. The summed E-state index contributed by atoms with van der Waals surface area (Å²) >= 11 is 0. The van der Waals surface area contributed by atoms with Gasteiger partial charge in [0.1, 0.15) is 12.2 Å². The molecule has 0 amide bonds. The van der Waals surface area contributed by atoms with Crippen LogP contribution in [0.15, 0.2) is 0 Å². The van der Waals surface area contributed by atoms with E-state index in [1.807, 2.05) is 0 Å². The van der Waals surface area contributed by atoms with E-state index in [2.05, 4.69) is 0 Å². The van der Waals surface area contributed by atoms with Crippen LogP contribution in [0, 0.1) is 0 Å². The predicted molar refractivity (Wildman–Crippen MR) is 50.4 cm³/mol. The lowest BCUT2D eigenvalue weighted by Gasteiger charge is -2.03. The normalized spacial score (nSPS) is 29.1. The van der Waals surface area contributed by atoms with Crippen molar-refractivity contribution in [2.24, 2.45) is 0 Å². The van der Waals surface area contributed by atoms with Crippen LogP contribution in [0.4, 0.5) is 0 Å². The first kappa shape index (κ1) is 10.4. The van der Waals surface area contributed by atoms with Gasteiger partial charge in [-0.25, -0.2) is 0 Å². The van der Waals surface area contributed by atoms with Gasteiger partial charge < -0.3 is 18.9 Å². The van der Waals surface area contributed by atoms with Gasteiger partial charge in [-0.15, -0.1) is 0 Å². The summed E-state index contributed by atoms with van der Waals surface area (Å²) in [6, 6.07) is 0. The maximum Gasteiger partial charge on any atom is 0.104 e. The summed E-state index contributed by atoms with van der Waals surface area (Å²) < 4.78 is 20.8. The van der Waals surface area contributed by atoms with Crippen molar-refractivity contribution in [3.8, 4) is 0 Å². The van der Waals surface area contributed by atoms with Gasteiger partial charge in [-0.2, -0.15) is 0 Å². The smallest absolute Gasteiger partial charge is 0.104 e. The van der Waals surface area contributed by atoms with E-state index >= 15 is 0 Å². The number of epoxide rings is 2. The molecule has 2 fully saturated rings. The maximum atomic E-state index is 5.39. The van der Waals surface area contributed by atoms with Crippen molar-refractivity contribution in [3.63, 3.8) is 0 Å². The van der Waals surface area contributed by atoms with Crippen LogP contribution in [0.25, 0.3) is 0 Å². The molecule has 4 nitrogen and oxygen atoms in total. The van der Waals surface area contributed by atoms with Crippen molar-refractivity contribution in [1.82, 2.24) is 0 Å². The standard InChI is InChI=1S/C10H18O4/c1(3-11-5-9-7-13-9)2-4-12-6-10-8-14-10/h9-10H,1-8H2/t9-,10?/m1/s1. The molecule has 2 heterocycles. The predicted octanol–water partition coefficient (Wildman–Crippen LogP) is 0.597. The molecule has 2 aliphatic rings. The SMILES string of the molecule is C(CCOC[C@@H]1CO1)COCC1CO1. The number of ether oxygens (including phenoxy) is 4. The summed E-state index contributed by atoms with van der Waals surface area (Å²) in [4.78, 5) is 0. The maximum absolute atomic E-state index is 5.39. The first-order valence-corrected chi connectivity index (χ1v) is 5.34. The lowest BCUT2D eigenvalue weighted by Crippen LogP contribution is -2.05. The fourth-order valence-corrected chi connectivity index (χ4v) is 1.17. The van der Waals surface area contributed by atoms with Crippen LogP contribution in [0.1, 0.15) is 12.8 Å². The number of rotatable bonds is 9. The second-order valence-electron chi connectivity index (χ2n) is 3.77. The molecule has 4 heteroatoms. The molecule has 0 bridgehead atoms. The van der Waals surface area contributed by atoms with E-state index in [0.717, 1.165) is 52.5 Å². The van der Waals surface area contributed by atoms with Crippen molar-refractivity contribution in [1.29, 1.82) is 0 Å². The minimum absolute atomic E-state index is 0.387. The topological polar surface area (TPSA) is 43.5 Å². The Labute approximate surface area is 84.5 Å². The van der Waals surface area contributed by atoms with Crippen molar-refractivity contribution in [2.75, 3.05) is 39.6 Å². The van der Waals surface area contributed by atoms with Gasteiger partial charge in [0.15, 0.2) is 0 Å². The molecular weight excluding hydrogens is 184 g/mol. The van der Waals surface area contributed by atoms with Crippen LogP contribution in [-0.4, -0.2) is 51.8 Å². The Morgan fingerprint density at radius 1 is 0.857 bits per heavy atom. The summed E-state index contributed by atoms with van der Waals surface area (Å²) in [5.41, 5.74) is 0. The van der Waals surface area contributed by atoms with E-state index in [9.17, 15) is 0 Å². The number of hydrogen-bond acceptors (Lipinski definition) is 4. The molecule has 0 aromatic heterocycles. The highest BCUT2D eigenvalue weighted by Crippen LogP contribution is 2.09. The highest BCUT2D eigenvalue weighted by Gasteiger charge is 2.22. The second-order valence-corrected chi connectivity index (χ2v) is 3.77. The van der Waals surface area contributed by atoms with Crippen molar-refractivity contribution >= 4 is 0 Å². The second kappa shape index (κ2) is 5.66.